The maximum absolute atomic E-state index is 12.0. The molecule has 1 aliphatic rings. The lowest BCUT2D eigenvalue weighted by molar-refractivity contribution is -0.121. The van der Waals surface area contributed by atoms with Gasteiger partial charge in [0, 0.05) is 18.9 Å². The summed E-state index contributed by atoms with van der Waals surface area (Å²) >= 11 is 1.62. The van der Waals surface area contributed by atoms with E-state index in [1.54, 1.807) is 11.8 Å². The van der Waals surface area contributed by atoms with Crippen LogP contribution >= 0.6 is 11.8 Å². The molecule has 2 rings (SSSR count). The van der Waals surface area contributed by atoms with Crippen molar-refractivity contribution in [3.05, 3.63) is 35.9 Å². The predicted molar refractivity (Wildman–Crippen MR) is 73.3 cm³/mol. The Morgan fingerprint density at radius 1 is 1.50 bits per heavy atom. The maximum atomic E-state index is 12.0. The minimum atomic E-state index is -0.157. The smallest absolute Gasteiger partial charge is 0.248 e. The second-order valence-corrected chi connectivity index (χ2v) is 5.40. The van der Waals surface area contributed by atoms with E-state index in [9.17, 15) is 4.79 Å². The first-order chi connectivity index (χ1) is 8.81. The molecular formula is C13H18N2O2S. The van der Waals surface area contributed by atoms with Gasteiger partial charge in [-0.25, -0.2) is 0 Å². The van der Waals surface area contributed by atoms with Crippen molar-refractivity contribution in [2.45, 2.75) is 17.8 Å². The SMILES string of the molecule is O=C(NC(CCO)c1ccccc1)C1NCCS1. The minimum absolute atomic E-state index is 0.000182. The molecule has 0 aliphatic carbocycles. The fourth-order valence-electron chi connectivity index (χ4n) is 1.98. The fourth-order valence-corrected chi connectivity index (χ4v) is 2.90. The van der Waals surface area contributed by atoms with Crippen molar-refractivity contribution in [2.75, 3.05) is 18.9 Å². The number of nitrogens with one attached hydrogen (secondary N) is 2. The molecule has 2 atom stereocenters. The van der Waals surface area contributed by atoms with Crippen LogP contribution in [0.4, 0.5) is 0 Å². The molecule has 18 heavy (non-hydrogen) atoms. The van der Waals surface area contributed by atoms with E-state index in [4.69, 9.17) is 5.11 Å². The average molecular weight is 266 g/mol. The number of aliphatic hydroxyl groups excluding tert-OH is 1. The third kappa shape index (κ3) is 3.48. The third-order valence-corrected chi connectivity index (χ3v) is 4.04. The topological polar surface area (TPSA) is 61.4 Å². The molecule has 1 aliphatic heterocycles. The highest BCUT2D eigenvalue weighted by Crippen LogP contribution is 2.19. The van der Waals surface area contributed by atoms with Gasteiger partial charge in [-0.2, -0.15) is 0 Å². The number of hydrogen-bond acceptors (Lipinski definition) is 4. The van der Waals surface area contributed by atoms with E-state index in [1.165, 1.54) is 0 Å². The molecule has 3 N–H and O–H groups in total. The van der Waals surface area contributed by atoms with Gasteiger partial charge in [0.25, 0.3) is 0 Å². The third-order valence-electron chi connectivity index (χ3n) is 2.89. The lowest BCUT2D eigenvalue weighted by atomic mass is 10.0. The number of aliphatic hydroxyl groups is 1. The van der Waals surface area contributed by atoms with Crippen molar-refractivity contribution < 1.29 is 9.90 Å². The van der Waals surface area contributed by atoms with E-state index >= 15 is 0 Å². The Kier molecular flexibility index (Phi) is 5.04. The van der Waals surface area contributed by atoms with E-state index in [1.807, 2.05) is 30.3 Å². The Hall–Kier alpha value is -1.04. The molecule has 0 aromatic heterocycles. The van der Waals surface area contributed by atoms with Gasteiger partial charge in [-0.15, -0.1) is 11.8 Å². The van der Waals surface area contributed by atoms with Crippen molar-refractivity contribution in [1.82, 2.24) is 10.6 Å². The number of carbonyl (C=O) groups excluding carboxylic acids is 1. The summed E-state index contributed by atoms with van der Waals surface area (Å²) in [6.45, 7) is 0.934. The van der Waals surface area contributed by atoms with Crippen molar-refractivity contribution >= 4 is 17.7 Å². The van der Waals surface area contributed by atoms with Gasteiger partial charge < -0.3 is 10.4 Å². The van der Waals surface area contributed by atoms with Crippen LogP contribution in [0.25, 0.3) is 0 Å². The van der Waals surface area contributed by atoms with Crippen LogP contribution in [0.2, 0.25) is 0 Å². The van der Waals surface area contributed by atoms with Crippen LogP contribution in [-0.2, 0) is 4.79 Å². The quantitative estimate of drug-likeness (QED) is 0.741. The van der Waals surface area contributed by atoms with Gasteiger partial charge >= 0.3 is 0 Å². The van der Waals surface area contributed by atoms with Crippen molar-refractivity contribution in [3.8, 4) is 0 Å². The number of benzene rings is 1. The van der Waals surface area contributed by atoms with E-state index in [-0.39, 0.29) is 23.9 Å². The number of carbonyl (C=O) groups is 1. The number of amides is 1. The van der Waals surface area contributed by atoms with Gasteiger partial charge in [0.1, 0.15) is 5.37 Å². The van der Waals surface area contributed by atoms with Crippen LogP contribution in [0.1, 0.15) is 18.0 Å². The molecule has 0 spiro atoms. The Labute approximate surface area is 111 Å². The van der Waals surface area contributed by atoms with Gasteiger partial charge in [0.05, 0.1) is 6.04 Å². The summed E-state index contributed by atoms with van der Waals surface area (Å²) in [5, 5.41) is 15.1. The Morgan fingerprint density at radius 3 is 2.89 bits per heavy atom. The molecule has 1 aromatic carbocycles. The highest BCUT2D eigenvalue weighted by Gasteiger charge is 2.25. The minimum Gasteiger partial charge on any atom is -0.396 e. The molecule has 1 saturated heterocycles. The molecule has 1 fully saturated rings. The van der Waals surface area contributed by atoms with Crippen molar-refractivity contribution in [3.63, 3.8) is 0 Å². The van der Waals surface area contributed by atoms with Gasteiger partial charge in [-0.3, -0.25) is 10.1 Å². The Balaban J connectivity index is 1.99. The van der Waals surface area contributed by atoms with Crippen molar-refractivity contribution in [1.29, 1.82) is 0 Å². The first-order valence-corrected chi connectivity index (χ1v) is 7.17. The zero-order valence-electron chi connectivity index (χ0n) is 10.1. The Morgan fingerprint density at radius 2 is 2.28 bits per heavy atom. The van der Waals surface area contributed by atoms with E-state index in [2.05, 4.69) is 10.6 Å². The van der Waals surface area contributed by atoms with Crippen LogP contribution in [-0.4, -0.2) is 35.3 Å². The molecule has 1 amide bonds. The molecule has 1 heterocycles. The molecule has 1 aromatic rings. The number of rotatable bonds is 5. The van der Waals surface area contributed by atoms with Gasteiger partial charge in [-0.1, -0.05) is 30.3 Å². The monoisotopic (exact) mass is 266 g/mol. The fraction of sp³-hybridized carbons (Fsp3) is 0.462. The summed E-state index contributed by atoms with van der Waals surface area (Å²) in [7, 11) is 0. The van der Waals surface area contributed by atoms with Crippen molar-refractivity contribution in [2.24, 2.45) is 0 Å². The molecule has 5 heteroatoms. The van der Waals surface area contributed by atoms with Gasteiger partial charge in [0.15, 0.2) is 0 Å². The lowest BCUT2D eigenvalue weighted by Crippen LogP contribution is -2.40. The summed E-state index contributed by atoms with van der Waals surface area (Å²) < 4.78 is 0. The summed E-state index contributed by atoms with van der Waals surface area (Å²) in [4.78, 5) is 12.0. The molecular weight excluding hydrogens is 248 g/mol. The van der Waals surface area contributed by atoms with E-state index in [0.717, 1.165) is 17.9 Å². The number of thioether (sulfide) groups is 1. The van der Waals surface area contributed by atoms with E-state index < -0.39 is 0 Å². The first-order valence-electron chi connectivity index (χ1n) is 6.12. The van der Waals surface area contributed by atoms with Crippen LogP contribution in [0.5, 0.6) is 0 Å². The molecule has 2 unspecified atom stereocenters. The van der Waals surface area contributed by atoms with Gasteiger partial charge in [0.2, 0.25) is 5.91 Å². The standard InChI is InChI=1S/C13H18N2O2S/c16-8-6-11(10-4-2-1-3-5-10)15-12(17)13-14-7-9-18-13/h1-5,11,13-14,16H,6-9H2,(H,15,17). The number of hydrogen-bond donors (Lipinski definition) is 3. The molecule has 4 nitrogen and oxygen atoms in total. The van der Waals surface area contributed by atoms with Gasteiger partial charge in [-0.05, 0) is 12.0 Å². The van der Waals surface area contributed by atoms with E-state index in [0.29, 0.717) is 6.42 Å². The second kappa shape index (κ2) is 6.78. The van der Waals surface area contributed by atoms with Crippen LogP contribution in [0.15, 0.2) is 30.3 Å². The van der Waals surface area contributed by atoms with Crippen LogP contribution in [0, 0.1) is 0 Å². The zero-order chi connectivity index (χ0) is 12.8. The highest BCUT2D eigenvalue weighted by atomic mass is 32.2. The summed E-state index contributed by atoms with van der Waals surface area (Å²) in [5.41, 5.74) is 1.03. The normalized spacial score (nSPS) is 20.6. The summed E-state index contributed by atoms with van der Waals surface area (Å²) in [6.07, 6.45) is 0.535. The molecule has 0 bridgehead atoms. The van der Waals surface area contributed by atoms with Crippen LogP contribution in [0.3, 0.4) is 0 Å². The molecule has 98 valence electrons. The lowest BCUT2D eigenvalue weighted by Gasteiger charge is -2.20. The molecule has 0 saturated carbocycles. The summed E-state index contributed by atoms with van der Waals surface area (Å²) in [6, 6.07) is 9.64. The second-order valence-electron chi connectivity index (χ2n) is 4.19. The largest absolute Gasteiger partial charge is 0.396 e. The zero-order valence-corrected chi connectivity index (χ0v) is 11.0. The van der Waals surface area contributed by atoms with Crippen LogP contribution < -0.4 is 10.6 Å². The summed E-state index contributed by atoms with van der Waals surface area (Å²) in [5.74, 6) is 0.966. The maximum Gasteiger partial charge on any atom is 0.248 e. The average Bonchev–Trinajstić information content (AvgIpc) is 2.93. The first kappa shape index (κ1) is 13.4. The highest BCUT2D eigenvalue weighted by molar-refractivity contribution is 8.00. The predicted octanol–water partition coefficient (Wildman–Crippen LogP) is 0.889. The Bertz CT molecular complexity index is 380. The molecule has 0 radical (unpaired) electrons.